The average molecular weight is 303 g/mol. The topological polar surface area (TPSA) is 38.0 Å². The van der Waals surface area contributed by atoms with Gasteiger partial charge in [0.05, 0.1) is 22.5 Å². The Kier molecular flexibility index (Phi) is 4.13. The first-order valence-corrected chi connectivity index (χ1v) is 6.46. The smallest absolute Gasteiger partial charge is 0.124 e. The van der Waals surface area contributed by atoms with Crippen LogP contribution in [-0.4, -0.2) is 14.9 Å². The molecule has 0 fully saturated rings. The molecular formula is C13H13Cl2FN2O. The molecule has 0 aliphatic heterocycles. The molecule has 1 atom stereocenters. The highest BCUT2D eigenvalue weighted by molar-refractivity contribution is 6.32. The molecule has 0 radical (unpaired) electrons. The minimum atomic E-state index is -0.861. The summed E-state index contributed by atoms with van der Waals surface area (Å²) in [5, 5.41) is 15.1. The number of aryl methyl sites for hydroxylation is 2. The van der Waals surface area contributed by atoms with Gasteiger partial charge in [-0.25, -0.2) is 4.39 Å². The van der Waals surface area contributed by atoms with Gasteiger partial charge in [0, 0.05) is 18.5 Å². The Morgan fingerprint density at radius 1 is 1.42 bits per heavy atom. The van der Waals surface area contributed by atoms with Gasteiger partial charge in [-0.3, -0.25) is 4.68 Å². The second kappa shape index (κ2) is 5.49. The van der Waals surface area contributed by atoms with Gasteiger partial charge in [0.2, 0.25) is 0 Å². The van der Waals surface area contributed by atoms with Gasteiger partial charge in [0.1, 0.15) is 5.82 Å². The van der Waals surface area contributed by atoms with Crippen molar-refractivity contribution in [3.05, 3.63) is 51.0 Å². The molecule has 0 spiro atoms. The monoisotopic (exact) mass is 302 g/mol. The maximum absolute atomic E-state index is 13.0. The molecule has 102 valence electrons. The lowest BCUT2D eigenvalue weighted by atomic mass is 10.0. The predicted molar refractivity (Wildman–Crippen MR) is 73.0 cm³/mol. The van der Waals surface area contributed by atoms with Crippen LogP contribution in [0.2, 0.25) is 10.0 Å². The first kappa shape index (κ1) is 14.3. The summed E-state index contributed by atoms with van der Waals surface area (Å²) >= 11 is 12.0. The van der Waals surface area contributed by atoms with Crippen LogP contribution in [0.4, 0.5) is 4.39 Å². The van der Waals surface area contributed by atoms with E-state index in [2.05, 4.69) is 5.10 Å². The molecule has 1 aromatic carbocycles. The molecule has 1 unspecified atom stereocenters. The molecule has 1 aromatic heterocycles. The van der Waals surface area contributed by atoms with E-state index in [9.17, 15) is 9.50 Å². The summed E-state index contributed by atoms with van der Waals surface area (Å²) in [5.41, 5.74) is 1.89. The van der Waals surface area contributed by atoms with E-state index >= 15 is 0 Å². The molecule has 0 saturated heterocycles. The molecule has 0 bridgehead atoms. The highest BCUT2D eigenvalue weighted by atomic mass is 35.5. The average Bonchev–Trinajstić information content (AvgIpc) is 2.56. The second-order valence-electron chi connectivity index (χ2n) is 4.36. The summed E-state index contributed by atoms with van der Waals surface area (Å²) in [5.74, 6) is -0.435. The number of aliphatic hydroxyl groups excluding tert-OH is 1. The molecule has 19 heavy (non-hydrogen) atoms. The zero-order chi connectivity index (χ0) is 14.2. The van der Waals surface area contributed by atoms with Crippen molar-refractivity contribution in [3.8, 4) is 0 Å². The zero-order valence-electron chi connectivity index (χ0n) is 10.5. The molecule has 0 aliphatic rings. The van der Waals surface area contributed by atoms with Crippen molar-refractivity contribution < 1.29 is 9.50 Å². The van der Waals surface area contributed by atoms with Crippen molar-refractivity contribution in [2.45, 2.75) is 19.4 Å². The number of rotatable bonds is 3. The molecular weight excluding hydrogens is 290 g/mol. The van der Waals surface area contributed by atoms with Crippen LogP contribution >= 0.6 is 23.2 Å². The minimum Gasteiger partial charge on any atom is -0.388 e. The fraction of sp³-hybridized carbons (Fsp3) is 0.308. The molecule has 1 N–H and O–H groups in total. The van der Waals surface area contributed by atoms with Crippen LogP contribution < -0.4 is 0 Å². The van der Waals surface area contributed by atoms with E-state index in [4.69, 9.17) is 23.2 Å². The Hall–Kier alpha value is -1.10. The number of hydrogen-bond acceptors (Lipinski definition) is 2. The lowest BCUT2D eigenvalue weighted by Gasteiger charge is -2.13. The summed E-state index contributed by atoms with van der Waals surface area (Å²) in [6.45, 7) is 1.79. The normalized spacial score (nSPS) is 12.7. The number of halogens is 3. The van der Waals surface area contributed by atoms with E-state index in [0.717, 1.165) is 0 Å². The molecule has 0 saturated carbocycles. The predicted octanol–water partition coefficient (Wildman–Crippen LogP) is 3.45. The molecule has 6 heteroatoms. The fourth-order valence-electron chi connectivity index (χ4n) is 1.97. The van der Waals surface area contributed by atoms with E-state index in [1.54, 1.807) is 18.7 Å². The van der Waals surface area contributed by atoms with Crippen molar-refractivity contribution in [1.82, 2.24) is 9.78 Å². The van der Waals surface area contributed by atoms with Crippen LogP contribution in [-0.2, 0) is 13.5 Å². The van der Waals surface area contributed by atoms with Gasteiger partial charge in [-0.1, -0.05) is 29.3 Å². The Bertz CT molecular complexity index is 613. The van der Waals surface area contributed by atoms with E-state index in [-0.39, 0.29) is 11.4 Å². The highest BCUT2D eigenvalue weighted by Gasteiger charge is 2.18. The summed E-state index contributed by atoms with van der Waals surface area (Å²) < 4.78 is 14.6. The molecule has 3 nitrogen and oxygen atoms in total. The van der Waals surface area contributed by atoms with Crippen LogP contribution in [0.5, 0.6) is 0 Å². The lowest BCUT2D eigenvalue weighted by Crippen LogP contribution is -2.07. The third-order valence-electron chi connectivity index (χ3n) is 2.97. The SMILES string of the molecule is Cc1nn(C)c(CC(O)c2ccc(F)cc2Cl)c1Cl. The molecule has 2 aromatic rings. The van der Waals surface area contributed by atoms with Crippen LogP contribution in [0, 0.1) is 12.7 Å². The summed E-state index contributed by atoms with van der Waals surface area (Å²) in [7, 11) is 1.76. The van der Waals surface area contributed by atoms with Crippen molar-refractivity contribution in [1.29, 1.82) is 0 Å². The zero-order valence-corrected chi connectivity index (χ0v) is 12.0. The van der Waals surface area contributed by atoms with E-state index in [0.29, 0.717) is 22.0 Å². The van der Waals surface area contributed by atoms with Gasteiger partial charge in [0.15, 0.2) is 0 Å². The maximum atomic E-state index is 13.0. The quantitative estimate of drug-likeness (QED) is 0.943. The van der Waals surface area contributed by atoms with Gasteiger partial charge in [0.25, 0.3) is 0 Å². The first-order chi connectivity index (χ1) is 8.90. The van der Waals surface area contributed by atoms with Gasteiger partial charge in [-0.05, 0) is 24.6 Å². The largest absolute Gasteiger partial charge is 0.388 e. The van der Waals surface area contributed by atoms with Crippen LogP contribution in [0.3, 0.4) is 0 Å². The van der Waals surface area contributed by atoms with Crippen LogP contribution in [0.25, 0.3) is 0 Å². The van der Waals surface area contributed by atoms with Crippen molar-refractivity contribution in [2.24, 2.45) is 7.05 Å². The van der Waals surface area contributed by atoms with Crippen molar-refractivity contribution >= 4 is 23.2 Å². The highest BCUT2D eigenvalue weighted by Crippen LogP contribution is 2.29. The number of benzene rings is 1. The summed E-state index contributed by atoms with van der Waals surface area (Å²) in [6.07, 6.45) is -0.595. The second-order valence-corrected chi connectivity index (χ2v) is 5.14. The Morgan fingerprint density at radius 3 is 2.63 bits per heavy atom. The van der Waals surface area contributed by atoms with Crippen LogP contribution in [0.1, 0.15) is 23.1 Å². The third-order valence-corrected chi connectivity index (χ3v) is 3.79. The molecule has 0 amide bonds. The number of aliphatic hydroxyl groups is 1. The Labute approximate surface area is 120 Å². The number of nitrogens with zero attached hydrogens (tertiary/aromatic N) is 2. The van der Waals surface area contributed by atoms with E-state index < -0.39 is 11.9 Å². The standard InChI is InChI=1S/C13H13Cl2FN2O/c1-7-13(15)11(18(2)17-7)6-12(19)9-4-3-8(16)5-10(9)14/h3-5,12,19H,6H2,1-2H3. The van der Waals surface area contributed by atoms with E-state index in [1.165, 1.54) is 18.2 Å². The molecule has 1 heterocycles. The van der Waals surface area contributed by atoms with Gasteiger partial charge in [-0.2, -0.15) is 5.10 Å². The Morgan fingerprint density at radius 2 is 2.11 bits per heavy atom. The third kappa shape index (κ3) is 2.91. The summed E-state index contributed by atoms with van der Waals surface area (Å²) in [4.78, 5) is 0. The molecule has 2 rings (SSSR count). The van der Waals surface area contributed by atoms with Gasteiger partial charge >= 0.3 is 0 Å². The van der Waals surface area contributed by atoms with Gasteiger partial charge in [-0.15, -0.1) is 0 Å². The number of aromatic nitrogens is 2. The van der Waals surface area contributed by atoms with Crippen molar-refractivity contribution in [2.75, 3.05) is 0 Å². The van der Waals surface area contributed by atoms with Gasteiger partial charge < -0.3 is 5.11 Å². The minimum absolute atomic E-state index is 0.197. The van der Waals surface area contributed by atoms with Crippen molar-refractivity contribution in [3.63, 3.8) is 0 Å². The molecule has 0 aliphatic carbocycles. The number of hydrogen-bond donors (Lipinski definition) is 1. The van der Waals surface area contributed by atoms with E-state index in [1.807, 2.05) is 0 Å². The first-order valence-electron chi connectivity index (χ1n) is 5.71. The van der Waals surface area contributed by atoms with Crippen LogP contribution in [0.15, 0.2) is 18.2 Å². The summed E-state index contributed by atoms with van der Waals surface area (Å²) in [6, 6.07) is 3.91. The Balaban J connectivity index is 2.28. The fourth-order valence-corrected chi connectivity index (χ4v) is 2.50. The maximum Gasteiger partial charge on any atom is 0.124 e. The lowest BCUT2D eigenvalue weighted by molar-refractivity contribution is 0.176.